The molecule has 0 aliphatic carbocycles. The number of halogens is 3. The number of hydrogen-bond donors (Lipinski definition) is 2. The second kappa shape index (κ2) is 6.21. The Balaban J connectivity index is 1.87. The topological polar surface area (TPSA) is 54.0 Å². The summed E-state index contributed by atoms with van der Waals surface area (Å²) in [5, 5.41) is 5.74. The van der Waals surface area contributed by atoms with E-state index in [0.717, 1.165) is 38.2 Å². The molecular weight excluding hydrogens is 271 g/mol. The molecule has 0 aromatic carbocycles. The van der Waals surface area contributed by atoms with E-state index in [9.17, 15) is 18.0 Å². The van der Waals surface area contributed by atoms with Crippen LogP contribution < -0.4 is 10.6 Å². The minimum atomic E-state index is -4.41. The first-order chi connectivity index (χ1) is 9.45. The summed E-state index contributed by atoms with van der Waals surface area (Å²) in [6.07, 6.45) is -1.43. The number of aromatic nitrogens is 1. The van der Waals surface area contributed by atoms with E-state index < -0.39 is 11.7 Å². The largest absolute Gasteiger partial charge is 0.417 e. The van der Waals surface area contributed by atoms with E-state index in [1.165, 1.54) is 6.07 Å². The molecule has 1 aliphatic rings. The maximum atomic E-state index is 12.4. The Morgan fingerprint density at radius 3 is 2.60 bits per heavy atom. The third-order valence-electron chi connectivity index (χ3n) is 3.29. The molecule has 7 heteroatoms. The van der Waals surface area contributed by atoms with Crippen molar-refractivity contribution in [2.24, 2.45) is 5.92 Å². The summed E-state index contributed by atoms with van der Waals surface area (Å²) in [5.41, 5.74) is -0.825. The maximum absolute atomic E-state index is 12.4. The van der Waals surface area contributed by atoms with E-state index in [2.05, 4.69) is 15.6 Å². The van der Waals surface area contributed by atoms with Crippen LogP contribution in [0, 0.1) is 5.92 Å². The van der Waals surface area contributed by atoms with Gasteiger partial charge in [-0.1, -0.05) is 0 Å². The normalized spacial score (nSPS) is 16.9. The highest BCUT2D eigenvalue weighted by Gasteiger charge is 2.30. The molecule has 0 radical (unpaired) electrons. The standard InChI is InChI=1S/C13H16F3N3O/c14-13(15,16)10-1-2-11(18-8-10)19-12(20)7-9-3-5-17-6-4-9/h1-2,8-9,17H,3-7H2,(H,18,19,20). The molecule has 1 aromatic heterocycles. The molecule has 2 rings (SSSR count). The third kappa shape index (κ3) is 4.19. The lowest BCUT2D eigenvalue weighted by Crippen LogP contribution is -2.30. The van der Waals surface area contributed by atoms with Gasteiger partial charge in [-0.15, -0.1) is 0 Å². The number of piperidine rings is 1. The summed E-state index contributed by atoms with van der Waals surface area (Å²) in [7, 11) is 0. The quantitative estimate of drug-likeness (QED) is 0.897. The molecule has 1 fully saturated rings. The highest BCUT2D eigenvalue weighted by Crippen LogP contribution is 2.28. The zero-order valence-corrected chi connectivity index (χ0v) is 10.8. The van der Waals surface area contributed by atoms with Gasteiger partial charge in [-0.05, 0) is 44.0 Å². The van der Waals surface area contributed by atoms with Gasteiger partial charge in [0.1, 0.15) is 5.82 Å². The van der Waals surface area contributed by atoms with Crippen LogP contribution >= 0.6 is 0 Å². The molecule has 2 N–H and O–H groups in total. The fourth-order valence-corrected chi connectivity index (χ4v) is 2.18. The fourth-order valence-electron chi connectivity index (χ4n) is 2.18. The van der Waals surface area contributed by atoms with Crippen LogP contribution in [0.5, 0.6) is 0 Å². The van der Waals surface area contributed by atoms with E-state index in [1.807, 2.05) is 0 Å². The molecule has 4 nitrogen and oxygen atoms in total. The summed E-state index contributed by atoms with van der Waals surface area (Å²) in [6.45, 7) is 1.80. The number of pyridine rings is 1. The average Bonchev–Trinajstić information content (AvgIpc) is 2.39. The lowest BCUT2D eigenvalue weighted by atomic mass is 9.94. The number of nitrogens with zero attached hydrogens (tertiary/aromatic N) is 1. The SMILES string of the molecule is O=C(CC1CCNCC1)Nc1ccc(C(F)(F)F)cn1. The number of carbonyl (C=O) groups is 1. The number of nitrogens with one attached hydrogen (secondary N) is 2. The minimum Gasteiger partial charge on any atom is -0.317 e. The van der Waals surface area contributed by atoms with Gasteiger partial charge in [-0.3, -0.25) is 4.79 Å². The lowest BCUT2D eigenvalue weighted by molar-refractivity contribution is -0.137. The third-order valence-corrected chi connectivity index (χ3v) is 3.29. The van der Waals surface area contributed by atoms with Gasteiger partial charge in [0.15, 0.2) is 0 Å². The Hall–Kier alpha value is -1.63. The van der Waals surface area contributed by atoms with Crippen molar-refractivity contribution in [3.05, 3.63) is 23.9 Å². The lowest BCUT2D eigenvalue weighted by Gasteiger charge is -2.21. The van der Waals surface area contributed by atoms with E-state index >= 15 is 0 Å². The Bertz CT molecular complexity index is 453. The van der Waals surface area contributed by atoms with Gasteiger partial charge in [-0.2, -0.15) is 13.2 Å². The molecule has 0 spiro atoms. The Kier molecular flexibility index (Phi) is 4.59. The van der Waals surface area contributed by atoms with Crippen molar-refractivity contribution in [1.29, 1.82) is 0 Å². The van der Waals surface area contributed by atoms with Crippen LogP contribution in [0.3, 0.4) is 0 Å². The first kappa shape index (κ1) is 14.8. The Morgan fingerprint density at radius 1 is 1.35 bits per heavy atom. The van der Waals surface area contributed by atoms with Gasteiger partial charge in [0, 0.05) is 12.6 Å². The molecule has 1 amide bonds. The molecular formula is C13H16F3N3O. The monoisotopic (exact) mass is 287 g/mol. The molecule has 1 aromatic rings. The molecule has 0 saturated carbocycles. The van der Waals surface area contributed by atoms with Crippen molar-refractivity contribution < 1.29 is 18.0 Å². The van der Waals surface area contributed by atoms with Crippen LogP contribution in [-0.2, 0) is 11.0 Å². The predicted octanol–water partition coefficient (Wildman–Crippen LogP) is 2.43. The van der Waals surface area contributed by atoms with Crippen LogP contribution in [0.2, 0.25) is 0 Å². The van der Waals surface area contributed by atoms with Gasteiger partial charge in [0.05, 0.1) is 5.56 Å². The van der Waals surface area contributed by atoms with Crippen LogP contribution in [0.25, 0.3) is 0 Å². The zero-order valence-electron chi connectivity index (χ0n) is 10.8. The molecule has 20 heavy (non-hydrogen) atoms. The fraction of sp³-hybridized carbons (Fsp3) is 0.538. The van der Waals surface area contributed by atoms with Gasteiger partial charge in [0.25, 0.3) is 0 Å². The van der Waals surface area contributed by atoms with Crippen LogP contribution in [0.15, 0.2) is 18.3 Å². The van der Waals surface area contributed by atoms with Gasteiger partial charge >= 0.3 is 6.18 Å². The molecule has 2 heterocycles. The van der Waals surface area contributed by atoms with Crippen LogP contribution in [0.4, 0.5) is 19.0 Å². The summed E-state index contributed by atoms with van der Waals surface area (Å²) >= 11 is 0. The van der Waals surface area contributed by atoms with E-state index in [0.29, 0.717) is 12.3 Å². The number of alkyl halides is 3. The van der Waals surface area contributed by atoms with E-state index in [4.69, 9.17) is 0 Å². The first-order valence-corrected chi connectivity index (χ1v) is 6.49. The maximum Gasteiger partial charge on any atom is 0.417 e. The molecule has 0 atom stereocenters. The number of hydrogen-bond acceptors (Lipinski definition) is 3. The number of amides is 1. The molecule has 1 aliphatic heterocycles. The second-order valence-corrected chi connectivity index (χ2v) is 4.88. The predicted molar refractivity (Wildman–Crippen MR) is 68.1 cm³/mol. The smallest absolute Gasteiger partial charge is 0.317 e. The van der Waals surface area contributed by atoms with Gasteiger partial charge in [-0.25, -0.2) is 4.98 Å². The molecule has 110 valence electrons. The second-order valence-electron chi connectivity index (χ2n) is 4.88. The zero-order chi connectivity index (χ0) is 14.6. The van der Waals surface area contributed by atoms with E-state index in [-0.39, 0.29) is 11.7 Å². The number of anilines is 1. The van der Waals surface area contributed by atoms with Crippen molar-refractivity contribution in [3.63, 3.8) is 0 Å². The highest BCUT2D eigenvalue weighted by molar-refractivity contribution is 5.89. The van der Waals surface area contributed by atoms with Crippen molar-refractivity contribution >= 4 is 11.7 Å². The van der Waals surface area contributed by atoms with Crippen molar-refractivity contribution in [2.45, 2.75) is 25.4 Å². The molecule has 1 saturated heterocycles. The van der Waals surface area contributed by atoms with Crippen molar-refractivity contribution in [3.8, 4) is 0 Å². The van der Waals surface area contributed by atoms with Gasteiger partial charge < -0.3 is 10.6 Å². The summed E-state index contributed by atoms with van der Waals surface area (Å²) in [4.78, 5) is 15.4. The molecule has 0 bridgehead atoms. The Labute approximate surface area is 114 Å². The van der Waals surface area contributed by atoms with Crippen LogP contribution in [0.1, 0.15) is 24.8 Å². The average molecular weight is 287 g/mol. The number of rotatable bonds is 3. The van der Waals surface area contributed by atoms with Gasteiger partial charge in [0.2, 0.25) is 5.91 Å². The molecule has 0 unspecified atom stereocenters. The summed E-state index contributed by atoms with van der Waals surface area (Å²) in [6, 6.07) is 2.08. The summed E-state index contributed by atoms with van der Waals surface area (Å²) < 4.78 is 37.1. The first-order valence-electron chi connectivity index (χ1n) is 6.49. The van der Waals surface area contributed by atoms with Crippen LogP contribution in [-0.4, -0.2) is 24.0 Å². The highest BCUT2D eigenvalue weighted by atomic mass is 19.4. The van der Waals surface area contributed by atoms with E-state index in [1.54, 1.807) is 0 Å². The number of carbonyl (C=O) groups excluding carboxylic acids is 1. The van der Waals surface area contributed by atoms with Crippen molar-refractivity contribution in [1.82, 2.24) is 10.3 Å². The minimum absolute atomic E-state index is 0.150. The van der Waals surface area contributed by atoms with Crippen molar-refractivity contribution in [2.75, 3.05) is 18.4 Å². The summed E-state index contributed by atoms with van der Waals surface area (Å²) in [5.74, 6) is 0.270. The Morgan fingerprint density at radius 2 is 2.05 bits per heavy atom.